The summed E-state index contributed by atoms with van der Waals surface area (Å²) in [5.74, 6) is 0.744. The highest BCUT2D eigenvalue weighted by atomic mass is 32.1. The number of fused-ring (bicyclic) bond motifs is 1. The first kappa shape index (κ1) is 18.8. The second-order valence-electron chi connectivity index (χ2n) is 7.26. The van der Waals surface area contributed by atoms with E-state index in [1.54, 1.807) is 11.4 Å². The maximum Gasteiger partial charge on any atom is 0.252 e. The van der Waals surface area contributed by atoms with Crippen molar-refractivity contribution in [1.82, 2.24) is 5.32 Å². The van der Waals surface area contributed by atoms with E-state index in [1.807, 2.05) is 23.6 Å². The highest BCUT2D eigenvalue weighted by molar-refractivity contribution is 7.08. The van der Waals surface area contributed by atoms with Gasteiger partial charge in [-0.25, -0.2) is 0 Å². The van der Waals surface area contributed by atoms with Crippen LogP contribution >= 0.6 is 11.3 Å². The van der Waals surface area contributed by atoms with Gasteiger partial charge in [-0.3, -0.25) is 9.59 Å². The van der Waals surface area contributed by atoms with Gasteiger partial charge in [0.1, 0.15) is 0 Å². The van der Waals surface area contributed by atoms with Crippen LogP contribution in [-0.2, 0) is 4.79 Å². The molecule has 0 atom stereocenters. The fraction of sp³-hybridized carbons (Fsp3) is 0.429. The minimum absolute atomic E-state index is 0.0870. The number of benzene rings is 1. The second-order valence-corrected chi connectivity index (χ2v) is 8.04. The van der Waals surface area contributed by atoms with Crippen molar-refractivity contribution in [1.29, 1.82) is 0 Å². The molecule has 1 aromatic carbocycles. The van der Waals surface area contributed by atoms with Gasteiger partial charge in [-0.2, -0.15) is 11.3 Å². The maximum atomic E-state index is 12.2. The van der Waals surface area contributed by atoms with Gasteiger partial charge in [-0.05, 0) is 42.8 Å². The molecular formula is C21H24N2O4S. The van der Waals surface area contributed by atoms with Gasteiger partial charge in [-0.1, -0.05) is 6.42 Å². The predicted octanol–water partition coefficient (Wildman–Crippen LogP) is 4.33. The van der Waals surface area contributed by atoms with Crippen LogP contribution < -0.4 is 20.1 Å². The molecule has 2 N–H and O–H groups in total. The molecule has 1 aromatic heterocycles. The fourth-order valence-electron chi connectivity index (χ4n) is 3.64. The van der Waals surface area contributed by atoms with Crippen molar-refractivity contribution in [2.45, 2.75) is 50.7 Å². The van der Waals surface area contributed by atoms with Crippen molar-refractivity contribution in [3.05, 3.63) is 40.6 Å². The smallest absolute Gasteiger partial charge is 0.252 e. The minimum Gasteiger partial charge on any atom is -0.448 e. The highest BCUT2D eigenvalue weighted by Crippen LogP contribution is 2.46. The summed E-state index contributed by atoms with van der Waals surface area (Å²) in [7, 11) is 0. The van der Waals surface area contributed by atoms with Gasteiger partial charge in [0.25, 0.3) is 11.7 Å². The van der Waals surface area contributed by atoms with Gasteiger partial charge in [0.15, 0.2) is 11.5 Å². The lowest BCUT2D eigenvalue weighted by Crippen LogP contribution is -2.40. The molecule has 2 aromatic rings. The van der Waals surface area contributed by atoms with E-state index in [4.69, 9.17) is 9.47 Å². The van der Waals surface area contributed by atoms with Crippen LogP contribution in [-0.4, -0.2) is 24.1 Å². The lowest BCUT2D eigenvalue weighted by Gasteiger charge is -2.31. The molecule has 28 heavy (non-hydrogen) atoms. The predicted molar refractivity (Wildman–Crippen MR) is 108 cm³/mol. The average Bonchev–Trinajstić information content (AvgIpc) is 3.33. The van der Waals surface area contributed by atoms with Gasteiger partial charge in [-0.15, -0.1) is 0 Å². The molecule has 0 radical (unpaired) electrons. The fourth-order valence-corrected chi connectivity index (χ4v) is 4.27. The van der Waals surface area contributed by atoms with Crippen LogP contribution in [0, 0.1) is 0 Å². The number of amides is 2. The molecule has 1 saturated carbocycles. The van der Waals surface area contributed by atoms with E-state index in [0.717, 1.165) is 31.4 Å². The van der Waals surface area contributed by atoms with Gasteiger partial charge in [0.05, 0.1) is 0 Å². The SMILES string of the molecule is O=C(CCCNC(=O)c1ccsc1)Nc1ccc2c(c1)OC1(CCCCC1)O2. The molecule has 0 unspecified atom stereocenters. The number of nitrogens with one attached hydrogen (secondary N) is 2. The summed E-state index contributed by atoms with van der Waals surface area (Å²) in [6.45, 7) is 0.464. The van der Waals surface area contributed by atoms with E-state index in [0.29, 0.717) is 36.4 Å². The third-order valence-corrected chi connectivity index (χ3v) is 5.77. The summed E-state index contributed by atoms with van der Waals surface area (Å²) in [4.78, 5) is 24.0. The first-order valence-electron chi connectivity index (χ1n) is 9.76. The Morgan fingerprint density at radius 1 is 1.07 bits per heavy atom. The van der Waals surface area contributed by atoms with Gasteiger partial charge in [0, 0.05) is 48.5 Å². The Hall–Kier alpha value is -2.54. The summed E-state index contributed by atoms with van der Waals surface area (Å²) < 4.78 is 12.2. The molecule has 2 amide bonds. The molecule has 7 heteroatoms. The van der Waals surface area contributed by atoms with Crippen molar-refractivity contribution in [2.75, 3.05) is 11.9 Å². The lowest BCUT2D eigenvalue weighted by molar-refractivity contribution is -0.116. The van der Waals surface area contributed by atoms with Crippen LogP contribution in [0.15, 0.2) is 35.0 Å². The van der Waals surface area contributed by atoms with E-state index >= 15 is 0 Å². The van der Waals surface area contributed by atoms with Crippen molar-refractivity contribution in [3.8, 4) is 11.5 Å². The molecule has 148 valence electrons. The van der Waals surface area contributed by atoms with Crippen LogP contribution in [0.2, 0.25) is 0 Å². The number of carbonyl (C=O) groups excluding carboxylic acids is 2. The van der Waals surface area contributed by atoms with E-state index < -0.39 is 5.79 Å². The number of carbonyl (C=O) groups is 2. The zero-order valence-electron chi connectivity index (χ0n) is 15.7. The molecule has 1 aliphatic carbocycles. The highest BCUT2D eigenvalue weighted by Gasteiger charge is 2.42. The number of ether oxygens (including phenoxy) is 2. The Labute approximate surface area is 168 Å². The Bertz CT molecular complexity index is 844. The molecule has 0 saturated heterocycles. The summed E-state index contributed by atoms with van der Waals surface area (Å²) in [6.07, 6.45) is 6.17. The number of rotatable bonds is 6. The second kappa shape index (κ2) is 8.22. The van der Waals surface area contributed by atoms with Crippen LogP contribution in [0.4, 0.5) is 5.69 Å². The summed E-state index contributed by atoms with van der Waals surface area (Å²) in [6, 6.07) is 7.30. The summed E-state index contributed by atoms with van der Waals surface area (Å²) >= 11 is 1.48. The number of thiophene rings is 1. The molecule has 6 nitrogen and oxygen atoms in total. The molecule has 0 bridgehead atoms. The average molecular weight is 401 g/mol. The van der Waals surface area contributed by atoms with E-state index in [-0.39, 0.29) is 11.8 Å². The third-order valence-electron chi connectivity index (χ3n) is 5.08. The van der Waals surface area contributed by atoms with Crippen LogP contribution in [0.1, 0.15) is 55.3 Å². The Morgan fingerprint density at radius 2 is 1.89 bits per heavy atom. The minimum atomic E-state index is -0.510. The molecule has 4 rings (SSSR count). The van der Waals surface area contributed by atoms with E-state index in [1.165, 1.54) is 17.8 Å². The van der Waals surface area contributed by atoms with Gasteiger partial charge >= 0.3 is 0 Å². The zero-order chi connectivity index (χ0) is 19.4. The Morgan fingerprint density at radius 3 is 2.68 bits per heavy atom. The first-order chi connectivity index (χ1) is 13.6. The number of anilines is 1. The molecule has 1 fully saturated rings. The third kappa shape index (κ3) is 4.30. The number of hydrogen-bond donors (Lipinski definition) is 2. The standard InChI is InChI=1S/C21H24N2O4S/c24-19(5-4-11-22-20(25)15-8-12-28-14-15)23-16-6-7-17-18(13-16)27-21(26-17)9-2-1-3-10-21/h6-8,12-14H,1-5,9-11H2,(H,22,25)(H,23,24). The zero-order valence-corrected chi connectivity index (χ0v) is 16.5. The Kier molecular flexibility index (Phi) is 5.52. The summed E-state index contributed by atoms with van der Waals surface area (Å²) in [5, 5.41) is 9.39. The van der Waals surface area contributed by atoms with Crippen LogP contribution in [0.5, 0.6) is 11.5 Å². The number of hydrogen-bond acceptors (Lipinski definition) is 5. The summed E-state index contributed by atoms with van der Waals surface area (Å²) in [5.41, 5.74) is 1.35. The van der Waals surface area contributed by atoms with E-state index in [2.05, 4.69) is 10.6 Å². The van der Waals surface area contributed by atoms with Gasteiger partial charge < -0.3 is 20.1 Å². The van der Waals surface area contributed by atoms with Crippen LogP contribution in [0.25, 0.3) is 0 Å². The van der Waals surface area contributed by atoms with Crippen molar-refractivity contribution in [3.63, 3.8) is 0 Å². The largest absolute Gasteiger partial charge is 0.448 e. The molecule has 1 spiro atoms. The molecule has 1 aliphatic heterocycles. The molecule has 2 heterocycles. The van der Waals surface area contributed by atoms with Crippen LogP contribution in [0.3, 0.4) is 0 Å². The van der Waals surface area contributed by atoms with E-state index in [9.17, 15) is 9.59 Å². The van der Waals surface area contributed by atoms with Crippen molar-refractivity contribution < 1.29 is 19.1 Å². The van der Waals surface area contributed by atoms with Crippen molar-refractivity contribution in [2.24, 2.45) is 0 Å². The monoisotopic (exact) mass is 400 g/mol. The topological polar surface area (TPSA) is 76.7 Å². The first-order valence-corrected chi connectivity index (χ1v) is 10.7. The normalized spacial score (nSPS) is 16.7. The van der Waals surface area contributed by atoms with Crippen molar-refractivity contribution >= 4 is 28.8 Å². The Balaban J connectivity index is 1.23. The maximum absolute atomic E-state index is 12.2. The molecular weight excluding hydrogens is 376 g/mol. The quantitative estimate of drug-likeness (QED) is 0.708. The van der Waals surface area contributed by atoms with Gasteiger partial charge in [0.2, 0.25) is 5.91 Å². The molecule has 2 aliphatic rings. The lowest BCUT2D eigenvalue weighted by atomic mass is 9.94.